The molecule has 0 aliphatic rings. The van der Waals surface area contributed by atoms with Gasteiger partial charge in [0.15, 0.2) is 9.84 Å². The lowest BCUT2D eigenvalue weighted by Crippen LogP contribution is -2.16. The first-order chi connectivity index (χ1) is 14.9. The summed E-state index contributed by atoms with van der Waals surface area (Å²) in [4.78, 5) is 6.91. The van der Waals surface area contributed by atoms with E-state index in [1.54, 1.807) is 49.0 Å². The van der Waals surface area contributed by atoms with Gasteiger partial charge in [0.05, 0.1) is 20.9 Å². The van der Waals surface area contributed by atoms with Crippen molar-refractivity contribution in [3.8, 4) is 23.6 Å². The first kappa shape index (κ1) is 26.1. The molecule has 32 heavy (non-hydrogen) atoms. The predicted molar refractivity (Wildman–Crippen MR) is 138 cm³/mol. The molecule has 2 aromatic rings. The molecule has 1 heterocycles. The number of aromatic nitrogens is 1. The van der Waals surface area contributed by atoms with Crippen LogP contribution in [0.4, 0.5) is 4.39 Å². The van der Waals surface area contributed by atoms with E-state index in [-0.39, 0.29) is 10.7 Å². The summed E-state index contributed by atoms with van der Waals surface area (Å²) in [5.74, 6) is 2.82. The van der Waals surface area contributed by atoms with Gasteiger partial charge in [-0.2, -0.15) is 0 Å². The van der Waals surface area contributed by atoms with Gasteiger partial charge >= 0.3 is 0 Å². The van der Waals surface area contributed by atoms with Crippen molar-refractivity contribution < 1.29 is 12.8 Å². The molecule has 0 saturated heterocycles. The third-order valence-corrected chi connectivity index (χ3v) is 8.18. The number of thioether (sulfide) groups is 1. The summed E-state index contributed by atoms with van der Waals surface area (Å²) in [6, 6.07) is 6.14. The van der Waals surface area contributed by atoms with Crippen LogP contribution < -0.4 is 0 Å². The highest BCUT2D eigenvalue weighted by molar-refractivity contribution is 8.07. The highest BCUT2D eigenvalue weighted by Gasteiger charge is 2.30. The fraction of sp³-hybridized carbons (Fsp3) is 0.320. The van der Waals surface area contributed by atoms with Crippen molar-refractivity contribution in [3.05, 3.63) is 69.2 Å². The summed E-state index contributed by atoms with van der Waals surface area (Å²) >= 11 is 3.08. The van der Waals surface area contributed by atoms with E-state index >= 15 is 0 Å². The van der Waals surface area contributed by atoms with E-state index in [0.29, 0.717) is 11.6 Å². The smallest absolute Gasteiger partial charge is 0.175 e. The Kier molecular flexibility index (Phi) is 8.69. The zero-order valence-electron chi connectivity index (χ0n) is 19.1. The summed E-state index contributed by atoms with van der Waals surface area (Å²) < 4.78 is 37.6. The largest absolute Gasteiger partial charge is 0.235 e. The Morgan fingerprint density at radius 1 is 1.31 bits per heavy atom. The van der Waals surface area contributed by atoms with Gasteiger partial charge in [-0.05, 0) is 56.4 Å². The SMILES string of the molecule is C#CC(C)(/C=C\C(=C/C)S(C)(=O)=O)c1sc(/C(=C/C(C)C)SC)nc1-c1ccc(F)cc1. The Morgan fingerprint density at radius 2 is 1.94 bits per heavy atom. The zero-order chi connectivity index (χ0) is 24.1. The molecule has 0 amide bonds. The minimum atomic E-state index is -3.38. The lowest BCUT2D eigenvalue weighted by molar-refractivity contribution is 0.608. The number of terminal acetylenes is 1. The average molecular weight is 490 g/mol. The Bertz CT molecular complexity index is 1200. The third kappa shape index (κ3) is 6.22. The van der Waals surface area contributed by atoms with Gasteiger partial charge in [0.1, 0.15) is 10.8 Å². The Hall–Kier alpha value is -2.14. The summed E-state index contributed by atoms with van der Waals surface area (Å²) in [5, 5.41) is 0.824. The van der Waals surface area contributed by atoms with Crippen molar-refractivity contribution >= 4 is 37.8 Å². The minimum Gasteiger partial charge on any atom is -0.235 e. The van der Waals surface area contributed by atoms with Crippen LogP contribution in [0.25, 0.3) is 16.2 Å². The fourth-order valence-corrected chi connectivity index (χ4v) is 5.83. The maximum atomic E-state index is 13.6. The molecular formula is C25H28FNO2S3. The predicted octanol–water partition coefficient (Wildman–Crippen LogP) is 6.70. The summed E-state index contributed by atoms with van der Waals surface area (Å²) in [5.41, 5.74) is 0.498. The van der Waals surface area contributed by atoms with Crippen LogP contribution >= 0.6 is 23.1 Å². The van der Waals surface area contributed by atoms with Crippen LogP contribution in [0, 0.1) is 24.1 Å². The summed E-state index contributed by atoms with van der Waals surface area (Å²) in [7, 11) is -3.38. The second-order valence-corrected chi connectivity index (χ2v) is 11.7. The molecule has 1 atom stereocenters. The van der Waals surface area contributed by atoms with Crippen LogP contribution in [0.1, 0.15) is 37.6 Å². The second kappa shape index (κ2) is 10.7. The summed E-state index contributed by atoms with van der Waals surface area (Å²) in [6.45, 7) is 7.73. The molecular weight excluding hydrogens is 461 g/mol. The van der Waals surface area contributed by atoms with Crippen LogP contribution in [0.3, 0.4) is 0 Å². The van der Waals surface area contributed by atoms with Gasteiger partial charge in [0, 0.05) is 16.7 Å². The van der Waals surface area contributed by atoms with E-state index < -0.39 is 15.3 Å². The monoisotopic (exact) mass is 489 g/mol. The molecule has 1 aromatic carbocycles. The van der Waals surface area contributed by atoms with Crippen molar-refractivity contribution in [3.63, 3.8) is 0 Å². The third-order valence-electron chi connectivity index (χ3n) is 4.73. The number of sulfone groups is 1. The van der Waals surface area contributed by atoms with Crippen molar-refractivity contribution in [1.82, 2.24) is 4.98 Å². The first-order valence-corrected chi connectivity index (χ1v) is 13.9. The van der Waals surface area contributed by atoms with E-state index in [0.717, 1.165) is 26.6 Å². The van der Waals surface area contributed by atoms with Gasteiger partial charge in [-0.15, -0.1) is 29.5 Å². The highest BCUT2D eigenvalue weighted by atomic mass is 32.2. The van der Waals surface area contributed by atoms with Crippen LogP contribution in [0.5, 0.6) is 0 Å². The molecule has 0 spiro atoms. The van der Waals surface area contributed by atoms with E-state index in [1.807, 2.05) is 13.2 Å². The number of rotatable bonds is 8. The maximum absolute atomic E-state index is 13.6. The molecule has 3 nitrogen and oxygen atoms in total. The van der Waals surface area contributed by atoms with Crippen LogP contribution in [0.2, 0.25) is 0 Å². The minimum absolute atomic E-state index is 0.191. The van der Waals surface area contributed by atoms with Crippen molar-refractivity contribution in [2.24, 2.45) is 5.92 Å². The Balaban J connectivity index is 2.75. The normalized spacial score (nSPS) is 15.2. The van der Waals surface area contributed by atoms with Gasteiger partial charge in [0.2, 0.25) is 0 Å². The number of hydrogen-bond donors (Lipinski definition) is 0. The number of allylic oxidation sites excluding steroid dienone is 4. The van der Waals surface area contributed by atoms with Gasteiger partial charge in [-0.3, -0.25) is 0 Å². The van der Waals surface area contributed by atoms with Gasteiger partial charge in [-0.25, -0.2) is 17.8 Å². The quantitative estimate of drug-likeness (QED) is 0.306. The second-order valence-electron chi connectivity index (χ2n) is 7.83. The zero-order valence-corrected chi connectivity index (χ0v) is 21.6. The van der Waals surface area contributed by atoms with Crippen molar-refractivity contribution in [2.75, 3.05) is 12.5 Å². The highest BCUT2D eigenvalue weighted by Crippen LogP contribution is 2.42. The molecule has 0 bridgehead atoms. The molecule has 0 N–H and O–H groups in total. The topological polar surface area (TPSA) is 47.0 Å². The molecule has 0 aliphatic carbocycles. The number of thiazole rings is 1. The molecule has 0 fully saturated rings. The Morgan fingerprint density at radius 3 is 2.41 bits per heavy atom. The maximum Gasteiger partial charge on any atom is 0.175 e. The van der Waals surface area contributed by atoms with E-state index in [2.05, 4.69) is 25.8 Å². The van der Waals surface area contributed by atoms with Crippen LogP contribution in [0.15, 0.2) is 53.5 Å². The number of hydrogen-bond acceptors (Lipinski definition) is 5. The number of halogens is 1. The standard InChI is InChI=1S/C25H28FNO2S3/c1-8-20(32(7,28)29)14-15-25(5,9-2)23-22(18-10-12-19(26)13-11-18)27-24(31-23)21(30-6)16-17(3)4/h2,8,10-17H,1,3-7H3/b15-14-,20-8+,21-16-. The molecule has 1 aromatic heterocycles. The molecule has 0 saturated carbocycles. The number of benzene rings is 1. The van der Waals surface area contributed by atoms with E-state index in [9.17, 15) is 12.8 Å². The van der Waals surface area contributed by atoms with Crippen LogP contribution in [-0.4, -0.2) is 25.9 Å². The first-order valence-electron chi connectivity index (χ1n) is 10.0. The van der Waals surface area contributed by atoms with Gasteiger partial charge in [-0.1, -0.05) is 38.0 Å². The van der Waals surface area contributed by atoms with Gasteiger partial charge < -0.3 is 0 Å². The van der Waals surface area contributed by atoms with Crippen molar-refractivity contribution in [1.29, 1.82) is 0 Å². The lowest BCUT2D eigenvalue weighted by Gasteiger charge is -2.19. The summed E-state index contributed by atoms with van der Waals surface area (Å²) in [6.07, 6.45) is 16.1. The number of nitrogens with zero attached hydrogens (tertiary/aromatic N) is 1. The van der Waals surface area contributed by atoms with Crippen LogP contribution in [-0.2, 0) is 15.3 Å². The lowest BCUT2D eigenvalue weighted by atomic mass is 9.87. The molecule has 7 heteroatoms. The fourth-order valence-electron chi connectivity index (χ4n) is 2.98. The van der Waals surface area contributed by atoms with E-state index in [1.165, 1.54) is 23.5 Å². The van der Waals surface area contributed by atoms with E-state index in [4.69, 9.17) is 11.4 Å². The molecule has 2 rings (SSSR count). The molecule has 0 aliphatic heterocycles. The average Bonchev–Trinajstić information content (AvgIpc) is 3.17. The molecule has 0 radical (unpaired) electrons. The molecule has 1 unspecified atom stereocenters. The van der Waals surface area contributed by atoms with Crippen molar-refractivity contribution in [2.45, 2.75) is 33.1 Å². The molecule has 170 valence electrons. The Labute approximate surface area is 199 Å². The van der Waals surface area contributed by atoms with Gasteiger partial charge in [0.25, 0.3) is 0 Å².